The van der Waals surface area contributed by atoms with Crippen LogP contribution in [-0.2, 0) is 4.84 Å². The second-order valence-electron chi connectivity index (χ2n) is 5.83. The Morgan fingerprint density at radius 1 is 1.33 bits per heavy atom. The third kappa shape index (κ3) is 4.01. The molecule has 0 unspecified atom stereocenters. The first-order valence-electron chi connectivity index (χ1n) is 7.96. The van der Waals surface area contributed by atoms with E-state index in [1.807, 2.05) is 6.92 Å². The van der Waals surface area contributed by atoms with Gasteiger partial charge in [-0.25, -0.2) is 4.79 Å². The van der Waals surface area contributed by atoms with Gasteiger partial charge in [0.1, 0.15) is 17.6 Å². The maximum atomic E-state index is 12.3. The van der Waals surface area contributed by atoms with Crippen LogP contribution in [0, 0.1) is 10.1 Å². The fourth-order valence-corrected chi connectivity index (χ4v) is 2.82. The average molecular weight is 391 g/mol. The zero-order valence-corrected chi connectivity index (χ0v) is 15.2. The van der Waals surface area contributed by atoms with Crippen LogP contribution in [0.3, 0.4) is 0 Å². The summed E-state index contributed by atoms with van der Waals surface area (Å²) in [6.07, 6.45) is 0.249. The van der Waals surface area contributed by atoms with Crippen LogP contribution in [-0.4, -0.2) is 29.8 Å². The molecule has 140 valence electrons. The molecule has 3 rings (SSSR count). The van der Waals surface area contributed by atoms with Gasteiger partial charge in [-0.15, -0.1) is 0 Å². The standard InChI is InChI=1S/C18H15ClN2O6/c1-10-7-16(13-5-4-12(25-2)9-17(13)26-10)20-27-18(22)14-8-11(21(23)24)3-6-15(14)19/h3-6,8-10H,7H2,1-2H3/b20-16+/t10-/m0/s1. The smallest absolute Gasteiger partial charge is 0.367 e. The number of oxime groups is 1. The summed E-state index contributed by atoms with van der Waals surface area (Å²) >= 11 is 5.95. The molecule has 0 radical (unpaired) electrons. The molecule has 0 N–H and O–H groups in total. The van der Waals surface area contributed by atoms with E-state index in [0.717, 1.165) is 6.07 Å². The van der Waals surface area contributed by atoms with Gasteiger partial charge in [0.25, 0.3) is 5.69 Å². The topological polar surface area (TPSA) is 100 Å². The third-order valence-corrected chi connectivity index (χ3v) is 4.26. The first-order chi connectivity index (χ1) is 12.9. The predicted octanol–water partition coefficient (Wildman–Crippen LogP) is 3.99. The molecule has 2 aromatic rings. The average Bonchev–Trinajstić information content (AvgIpc) is 2.65. The minimum Gasteiger partial charge on any atom is -0.497 e. The Morgan fingerprint density at radius 2 is 2.11 bits per heavy atom. The number of fused-ring (bicyclic) bond motifs is 1. The number of carbonyl (C=O) groups is 1. The minimum absolute atomic E-state index is 0.0382. The summed E-state index contributed by atoms with van der Waals surface area (Å²) in [6, 6.07) is 8.74. The highest BCUT2D eigenvalue weighted by atomic mass is 35.5. The minimum atomic E-state index is -0.884. The van der Waals surface area contributed by atoms with Gasteiger partial charge in [0.15, 0.2) is 0 Å². The number of carbonyl (C=O) groups excluding carboxylic acids is 1. The highest BCUT2D eigenvalue weighted by Crippen LogP contribution is 2.32. The van der Waals surface area contributed by atoms with Gasteiger partial charge in [0.2, 0.25) is 0 Å². The van der Waals surface area contributed by atoms with E-state index in [9.17, 15) is 14.9 Å². The molecule has 1 aliphatic heterocycles. The molecule has 0 aliphatic carbocycles. The fraction of sp³-hybridized carbons (Fsp3) is 0.222. The summed E-state index contributed by atoms with van der Waals surface area (Å²) in [4.78, 5) is 27.5. The van der Waals surface area contributed by atoms with Gasteiger partial charge in [-0.3, -0.25) is 10.1 Å². The fourth-order valence-electron chi connectivity index (χ4n) is 2.62. The molecule has 8 nitrogen and oxygen atoms in total. The van der Waals surface area contributed by atoms with Crippen LogP contribution in [0.2, 0.25) is 5.02 Å². The van der Waals surface area contributed by atoms with Crippen LogP contribution < -0.4 is 9.47 Å². The first kappa shape index (κ1) is 18.7. The number of nitrogens with zero attached hydrogens (tertiary/aromatic N) is 2. The molecule has 1 aliphatic rings. The molecule has 0 bridgehead atoms. The molecule has 2 aromatic carbocycles. The van der Waals surface area contributed by atoms with Crippen molar-refractivity contribution in [3.63, 3.8) is 0 Å². The van der Waals surface area contributed by atoms with E-state index in [1.165, 1.54) is 12.1 Å². The van der Waals surface area contributed by atoms with E-state index in [4.69, 9.17) is 25.9 Å². The van der Waals surface area contributed by atoms with Crippen LogP contribution >= 0.6 is 11.6 Å². The largest absolute Gasteiger partial charge is 0.497 e. The molecule has 27 heavy (non-hydrogen) atoms. The van der Waals surface area contributed by atoms with Crippen LogP contribution in [0.15, 0.2) is 41.6 Å². The molecular weight excluding hydrogens is 376 g/mol. The van der Waals surface area contributed by atoms with Crippen LogP contribution in [0.25, 0.3) is 0 Å². The van der Waals surface area contributed by atoms with Crippen molar-refractivity contribution in [2.24, 2.45) is 5.16 Å². The van der Waals surface area contributed by atoms with Crippen molar-refractivity contribution in [1.29, 1.82) is 0 Å². The normalized spacial score (nSPS) is 17.0. The lowest BCUT2D eigenvalue weighted by molar-refractivity contribution is -0.384. The summed E-state index contributed by atoms with van der Waals surface area (Å²) in [5.41, 5.74) is 0.787. The van der Waals surface area contributed by atoms with Crippen molar-refractivity contribution in [2.45, 2.75) is 19.4 Å². The predicted molar refractivity (Wildman–Crippen MR) is 97.8 cm³/mol. The van der Waals surface area contributed by atoms with E-state index in [-0.39, 0.29) is 22.4 Å². The van der Waals surface area contributed by atoms with Crippen molar-refractivity contribution in [1.82, 2.24) is 0 Å². The molecule has 0 fully saturated rings. The number of rotatable bonds is 4. The second-order valence-corrected chi connectivity index (χ2v) is 6.24. The highest BCUT2D eigenvalue weighted by molar-refractivity contribution is 6.33. The monoisotopic (exact) mass is 390 g/mol. The molecule has 0 saturated heterocycles. The number of methoxy groups -OCH3 is 1. The van der Waals surface area contributed by atoms with E-state index in [0.29, 0.717) is 29.2 Å². The van der Waals surface area contributed by atoms with E-state index < -0.39 is 10.9 Å². The molecule has 1 atom stereocenters. The number of ether oxygens (including phenoxy) is 2. The number of nitro benzene ring substituents is 1. The Bertz CT molecular complexity index is 943. The molecule has 9 heteroatoms. The Labute approximate surface area is 159 Å². The van der Waals surface area contributed by atoms with Crippen molar-refractivity contribution < 1.29 is 24.0 Å². The molecular formula is C18H15ClN2O6. The number of non-ortho nitro benzene ring substituents is 1. The summed E-state index contributed by atoms with van der Waals surface area (Å²) in [7, 11) is 1.55. The number of hydrogen-bond acceptors (Lipinski definition) is 7. The van der Waals surface area contributed by atoms with Crippen molar-refractivity contribution in [3.05, 3.63) is 62.7 Å². The van der Waals surface area contributed by atoms with Gasteiger partial charge in [-0.05, 0) is 25.1 Å². The van der Waals surface area contributed by atoms with E-state index in [1.54, 1.807) is 25.3 Å². The Hall–Kier alpha value is -3.13. The van der Waals surface area contributed by atoms with E-state index in [2.05, 4.69) is 5.16 Å². The van der Waals surface area contributed by atoms with Crippen LogP contribution in [0.1, 0.15) is 29.3 Å². The van der Waals surface area contributed by atoms with Gasteiger partial charge < -0.3 is 14.3 Å². The summed E-state index contributed by atoms with van der Waals surface area (Å²) in [6.45, 7) is 1.86. The number of nitro groups is 1. The van der Waals surface area contributed by atoms with Gasteiger partial charge in [-0.2, -0.15) is 0 Å². The molecule has 0 spiro atoms. The van der Waals surface area contributed by atoms with E-state index >= 15 is 0 Å². The number of halogens is 1. The Morgan fingerprint density at radius 3 is 2.81 bits per heavy atom. The van der Waals surface area contributed by atoms with Gasteiger partial charge >= 0.3 is 5.97 Å². The van der Waals surface area contributed by atoms with Gasteiger partial charge in [0, 0.05) is 30.2 Å². The number of hydrogen-bond donors (Lipinski definition) is 0. The molecule has 1 heterocycles. The van der Waals surface area contributed by atoms with Crippen LogP contribution in [0.5, 0.6) is 11.5 Å². The Kier molecular flexibility index (Phi) is 5.27. The quantitative estimate of drug-likeness (QED) is 0.444. The molecule has 0 amide bonds. The maximum absolute atomic E-state index is 12.3. The number of benzene rings is 2. The zero-order valence-electron chi connectivity index (χ0n) is 14.5. The van der Waals surface area contributed by atoms with Crippen molar-refractivity contribution in [3.8, 4) is 11.5 Å². The van der Waals surface area contributed by atoms with Gasteiger partial charge in [-0.1, -0.05) is 16.8 Å². The lowest BCUT2D eigenvalue weighted by Crippen LogP contribution is -2.25. The maximum Gasteiger partial charge on any atom is 0.367 e. The lowest BCUT2D eigenvalue weighted by atomic mass is 10.0. The molecule has 0 saturated carbocycles. The van der Waals surface area contributed by atoms with Crippen LogP contribution in [0.4, 0.5) is 5.69 Å². The summed E-state index contributed by atoms with van der Waals surface area (Å²) < 4.78 is 10.9. The zero-order chi connectivity index (χ0) is 19.6. The second kappa shape index (κ2) is 7.63. The summed E-state index contributed by atoms with van der Waals surface area (Å²) in [5, 5.41) is 14.9. The van der Waals surface area contributed by atoms with Crippen molar-refractivity contribution >= 4 is 29.0 Å². The SMILES string of the molecule is COc1ccc2c(c1)O[C@@H](C)C/C2=N\OC(=O)c1cc([N+](=O)[O-])ccc1Cl. The molecule has 0 aromatic heterocycles. The highest BCUT2D eigenvalue weighted by Gasteiger charge is 2.24. The lowest BCUT2D eigenvalue weighted by Gasteiger charge is -2.24. The first-order valence-corrected chi connectivity index (χ1v) is 8.34. The third-order valence-electron chi connectivity index (χ3n) is 3.93. The Balaban J connectivity index is 1.87. The van der Waals surface area contributed by atoms with Gasteiger partial charge in [0.05, 0.1) is 28.3 Å². The van der Waals surface area contributed by atoms with Crippen molar-refractivity contribution in [2.75, 3.05) is 7.11 Å². The summed E-state index contributed by atoms with van der Waals surface area (Å²) in [5.74, 6) is 0.309.